The van der Waals surface area contributed by atoms with Crippen LogP contribution in [-0.4, -0.2) is 16.8 Å². The normalized spacial score (nSPS) is 17.7. The molecule has 3 aromatic rings. The number of anilines is 1. The molecule has 1 N–H and O–H groups in total. The maximum atomic E-state index is 13.5. The number of aryl methyl sites for hydroxylation is 4. The number of fused-ring (bicyclic) bond motifs is 1. The lowest BCUT2D eigenvalue weighted by molar-refractivity contribution is -0.136. The van der Waals surface area contributed by atoms with Crippen molar-refractivity contribution in [2.75, 3.05) is 4.90 Å². The van der Waals surface area contributed by atoms with Crippen LogP contribution in [0.4, 0.5) is 5.69 Å². The van der Waals surface area contributed by atoms with E-state index < -0.39 is 11.5 Å². The maximum absolute atomic E-state index is 13.5. The highest BCUT2D eigenvalue weighted by molar-refractivity contribution is 6.11. The molecule has 0 saturated heterocycles. The van der Waals surface area contributed by atoms with Crippen molar-refractivity contribution in [1.82, 2.24) is 0 Å². The van der Waals surface area contributed by atoms with Crippen LogP contribution in [0.1, 0.15) is 50.2 Å². The van der Waals surface area contributed by atoms with Gasteiger partial charge in [0.15, 0.2) is 11.4 Å². The Hall–Kier alpha value is -3.24. The van der Waals surface area contributed by atoms with E-state index in [9.17, 15) is 14.7 Å². The lowest BCUT2D eigenvalue weighted by Gasteiger charge is -2.24. The van der Waals surface area contributed by atoms with Crippen molar-refractivity contribution in [3.63, 3.8) is 0 Å². The average molecular weight is 414 g/mol. The molecule has 0 spiro atoms. The number of rotatable bonds is 5. The second-order valence-electron chi connectivity index (χ2n) is 8.62. The van der Waals surface area contributed by atoms with Gasteiger partial charge in [-0.15, -0.1) is 0 Å². The second-order valence-corrected chi connectivity index (χ2v) is 8.62. The molecule has 0 bridgehead atoms. The number of carbonyl (C=O) groups is 2. The molecule has 1 atom stereocenters. The standard InChI is InChI=1S/C27H27NO3/c1-17-9-11-19(3)21(13-17)16-28-24-8-6-5-7-23(24)27(31,26(28)30)15-25(29)22-14-18(2)10-12-20(22)4/h5-14,31H,15-16H2,1-4H3/t27-/m0/s1. The predicted octanol–water partition coefficient (Wildman–Crippen LogP) is 4.93. The molecule has 4 rings (SSSR count). The van der Waals surface area contributed by atoms with E-state index in [0.29, 0.717) is 23.4 Å². The van der Waals surface area contributed by atoms with E-state index in [2.05, 4.69) is 6.07 Å². The molecule has 0 unspecified atom stereocenters. The Morgan fingerprint density at radius 3 is 2.29 bits per heavy atom. The summed E-state index contributed by atoms with van der Waals surface area (Å²) in [4.78, 5) is 28.3. The number of carbonyl (C=O) groups excluding carboxylic acids is 2. The fraction of sp³-hybridized carbons (Fsp3) is 0.259. The zero-order valence-electron chi connectivity index (χ0n) is 18.4. The van der Waals surface area contributed by atoms with Crippen LogP contribution in [0, 0.1) is 27.7 Å². The van der Waals surface area contributed by atoms with E-state index in [1.165, 1.54) is 0 Å². The van der Waals surface area contributed by atoms with E-state index >= 15 is 0 Å². The van der Waals surface area contributed by atoms with Crippen LogP contribution in [0.3, 0.4) is 0 Å². The molecule has 3 aromatic carbocycles. The Labute approximate surface area is 183 Å². The fourth-order valence-electron chi connectivity index (χ4n) is 4.34. The number of Topliss-reactive ketones (excluding diaryl/α,β-unsaturated/α-hetero) is 1. The Kier molecular flexibility index (Phi) is 5.28. The van der Waals surface area contributed by atoms with Crippen molar-refractivity contribution in [1.29, 1.82) is 0 Å². The summed E-state index contributed by atoms with van der Waals surface area (Å²) in [6.45, 7) is 8.17. The van der Waals surface area contributed by atoms with Crippen LogP contribution in [0.15, 0.2) is 60.7 Å². The summed E-state index contributed by atoms with van der Waals surface area (Å²) in [6.07, 6.45) is -0.281. The van der Waals surface area contributed by atoms with Crippen molar-refractivity contribution >= 4 is 17.4 Å². The first-order valence-corrected chi connectivity index (χ1v) is 10.5. The van der Waals surface area contributed by atoms with E-state index in [0.717, 1.165) is 27.8 Å². The summed E-state index contributed by atoms with van der Waals surface area (Å²) >= 11 is 0. The van der Waals surface area contributed by atoms with Crippen LogP contribution < -0.4 is 4.90 Å². The number of ketones is 1. The van der Waals surface area contributed by atoms with Crippen LogP contribution >= 0.6 is 0 Å². The molecule has 0 saturated carbocycles. The van der Waals surface area contributed by atoms with Gasteiger partial charge in [-0.2, -0.15) is 0 Å². The summed E-state index contributed by atoms with van der Waals surface area (Å²) in [5.41, 5.74) is 4.84. The number of benzene rings is 3. The summed E-state index contributed by atoms with van der Waals surface area (Å²) in [5, 5.41) is 11.6. The molecule has 0 radical (unpaired) electrons. The van der Waals surface area contributed by atoms with Gasteiger partial charge in [-0.05, 0) is 56.5 Å². The van der Waals surface area contributed by atoms with Gasteiger partial charge in [0, 0.05) is 11.1 Å². The van der Waals surface area contributed by atoms with Crippen molar-refractivity contribution in [3.8, 4) is 0 Å². The molecule has 1 heterocycles. The highest BCUT2D eigenvalue weighted by atomic mass is 16.3. The minimum atomic E-state index is -1.87. The fourth-order valence-corrected chi connectivity index (χ4v) is 4.34. The van der Waals surface area contributed by atoms with E-state index in [-0.39, 0.29) is 12.2 Å². The predicted molar refractivity (Wildman–Crippen MR) is 122 cm³/mol. The number of hydrogen-bond acceptors (Lipinski definition) is 3. The zero-order valence-corrected chi connectivity index (χ0v) is 18.4. The molecule has 0 fully saturated rings. The van der Waals surface area contributed by atoms with Gasteiger partial charge in [0.05, 0.1) is 18.7 Å². The Morgan fingerprint density at radius 1 is 0.903 bits per heavy atom. The van der Waals surface area contributed by atoms with Gasteiger partial charge >= 0.3 is 0 Å². The first-order chi connectivity index (χ1) is 14.7. The Morgan fingerprint density at radius 2 is 1.55 bits per heavy atom. The summed E-state index contributed by atoms with van der Waals surface area (Å²) in [7, 11) is 0. The molecule has 1 aliphatic heterocycles. The maximum Gasteiger partial charge on any atom is 0.264 e. The third kappa shape index (κ3) is 3.68. The highest BCUT2D eigenvalue weighted by Crippen LogP contribution is 2.43. The number of aliphatic hydroxyl groups is 1. The van der Waals surface area contributed by atoms with Gasteiger partial charge in [-0.1, -0.05) is 59.7 Å². The topological polar surface area (TPSA) is 57.6 Å². The van der Waals surface area contributed by atoms with Gasteiger partial charge < -0.3 is 10.0 Å². The molecular formula is C27H27NO3. The highest BCUT2D eigenvalue weighted by Gasteiger charge is 2.50. The number of amides is 1. The molecule has 1 amide bonds. The summed E-state index contributed by atoms with van der Waals surface area (Å²) in [5.74, 6) is -0.686. The third-order valence-electron chi connectivity index (χ3n) is 6.18. The van der Waals surface area contributed by atoms with E-state index in [4.69, 9.17) is 0 Å². The first kappa shape index (κ1) is 21.0. The van der Waals surface area contributed by atoms with Crippen molar-refractivity contribution in [3.05, 3.63) is 99.6 Å². The van der Waals surface area contributed by atoms with Crippen molar-refractivity contribution in [2.45, 2.75) is 46.3 Å². The van der Waals surface area contributed by atoms with Crippen molar-refractivity contribution < 1.29 is 14.7 Å². The molecule has 4 heteroatoms. The van der Waals surface area contributed by atoms with Gasteiger partial charge in [-0.3, -0.25) is 9.59 Å². The first-order valence-electron chi connectivity index (χ1n) is 10.5. The van der Waals surface area contributed by atoms with Crippen LogP contribution in [0.25, 0.3) is 0 Å². The number of hydrogen-bond donors (Lipinski definition) is 1. The molecule has 0 aromatic heterocycles. The van der Waals surface area contributed by atoms with Crippen LogP contribution in [-0.2, 0) is 16.9 Å². The minimum absolute atomic E-state index is 0.236. The Bertz CT molecular complexity index is 1200. The van der Waals surface area contributed by atoms with Gasteiger partial charge in [0.2, 0.25) is 0 Å². The lowest BCUT2D eigenvalue weighted by atomic mass is 9.87. The molecule has 4 nitrogen and oxygen atoms in total. The minimum Gasteiger partial charge on any atom is -0.375 e. The quantitative estimate of drug-likeness (QED) is 0.604. The van der Waals surface area contributed by atoms with Gasteiger partial charge in [0.1, 0.15) is 0 Å². The molecule has 158 valence electrons. The van der Waals surface area contributed by atoms with E-state index in [1.807, 2.05) is 70.2 Å². The molecule has 31 heavy (non-hydrogen) atoms. The monoisotopic (exact) mass is 413 g/mol. The molecular weight excluding hydrogens is 386 g/mol. The Balaban J connectivity index is 1.72. The van der Waals surface area contributed by atoms with E-state index in [1.54, 1.807) is 17.0 Å². The van der Waals surface area contributed by atoms with Gasteiger partial charge in [-0.25, -0.2) is 0 Å². The number of nitrogens with zero attached hydrogens (tertiary/aromatic N) is 1. The summed E-state index contributed by atoms with van der Waals surface area (Å²) in [6, 6.07) is 19.0. The molecule has 0 aliphatic carbocycles. The largest absolute Gasteiger partial charge is 0.375 e. The van der Waals surface area contributed by atoms with Gasteiger partial charge in [0.25, 0.3) is 5.91 Å². The zero-order chi connectivity index (χ0) is 22.3. The number of para-hydroxylation sites is 1. The lowest BCUT2D eigenvalue weighted by Crippen LogP contribution is -2.41. The average Bonchev–Trinajstić information content (AvgIpc) is 2.94. The second kappa shape index (κ2) is 7.78. The van der Waals surface area contributed by atoms with Crippen LogP contribution in [0.5, 0.6) is 0 Å². The SMILES string of the molecule is Cc1ccc(C)c(CN2C(=O)[C@](O)(CC(=O)c3cc(C)ccc3C)c3ccccc32)c1. The molecule has 1 aliphatic rings. The third-order valence-corrected chi connectivity index (χ3v) is 6.18. The van der Waals surface area contributed by atoms with Crippen molar-refractivity contribution in [2.24, 2.45) is 0 Å². The van der Waals surface area contributed by atoms with Crippen LogP contribution in [0.2, 0.25) is 0 Å². The summed E-state index contributed by atoms with van der Waals surface area (Å²) < 4.78 is 0. The smallest absolute Gasteiger partial charge is 0.264 e.